The Hall–Kier alpha value is -0.570. The number of halogens is 1. The first-order chi connectivity index (χ1) is 11.5. The van der Waals surface area contributed by atoms with Crippen LogP contribution in [0.3, 0.4) is 0 Å². The highest BCUT2D eigenvalue weighted by Gasteiger charge is 2.40. The van der Waals surface area contributed by atoms with Gasteiger partial charge in [0.2, 0.25) is 5.91 Å². The lowest BCUT2D eigenvalue weighted by Gasteiger charge is -2.39. The van der Waals surface area contributed by atoms with Crippen LogP contribution in [0, 0.1) is 0 Å². The number of likely N-dealkylation sites (N-methyl/N-ethyl adjacent to an activating group) is 1. The van der Waals surface area contributed by atoms with Crippen molar-refractivity contribution in [3.8, 4) is 0 Å². The molecule has 6 nitrogen and oxygen atoms in total. The lowest BCUT2D eigenvalue weighted by Crippen LogP contribution is -2.51. The van der Waals surface area contributed by atoms with E-state index < -0.39 is 0 Å². The van der Waals surface area contributed by atoms with E-state index in [4.69, 9.17) is 4.74 Å². The lowest BCUT2D eigenvalue weighted by molar-refractivity contribution is -0.127. The Morgan fingerprint density at radius 2 is 2.04 bits per heavy atom. The van der Waals surface area contributed by atoms with Gasteiger partial charge in [0.25, 0.3) is 0 Å². The molecular formula is C18H35IN4O2. The van der Waals surface area contributed by atoms with E-state index >= 15 is 0 Å². The van der Waals surface area contributed by atoms with Crippen LogP contribution in [0.2, 0.25) is 0 Å². The van der Waals surface area contributed by atoms with E-state index in [9.17, 15) is 4.79 Å². The quantitative estimate of drug-likeness (QED) is 0.273. The minimum atomic E-state index is 0. The maximum atomic E-state index is 11.8. The predicted molar refractivity (Wildman–Crippen MR) is 113 cm³/mol. The fraction of sp³-hybridized carbons (Fsp3) is 0.889. The number of hydrogen-bond acceptors (Lipinski definition) is 3. The highest BCUT2D eigenvalue weighted by Crippen LogP contribution is 2.39. The first-order valence-electron chi connectivity index (χ1n) is 9.43. The van der Waals surface area contributed by atoms with Crippen molar-refractivity contribution in [3.05, 3.63) is 0 Å². The topological polar surface area (TPSA) is 66.0 Å². The molecule has 2 fully saturated rings. The summed E-state index contributed by atoms with van der Waals surface area (Å²) in [5.74, 6) is 0.782. The number of ether oxygens (including phenoxy) is 1. The van der Waals surface area contributed by atoms with Crippen LogP contribution < -0.4 is 10.6 Å². The van der Waals surface area contributed by atoms with Crippen LogP contribution in [-0.4, -0.2) is 62.2 Å². The number of carbonyl (C=O) groups excluding carboxylic acids is 1. The second kappa shape index (κ2) is 11.2. The number of unbranched alkanes of at least 4 members (excludes halogenated alkanes) is 1. The molecule has 1 atom stereocenters. The lowest BCUT2D eigenvalue weighted by atomic mass is 9.89. The first kappa shape index (κ1) is 22.5. The summed E-state index contributed by atoms with van der Waals surface area (Å²) >= 11 is 0. The number of carbonyl (C=O) groups is 1. The molecule has 0 aromatic rings. The van der Waals surface area contributed by atoms with Crippen molar-refractivity contribution in [2.45, 2.75) is 69.9 Å². The molecule has 0 bridgehead atoms. The summed E-state index contributed by atoms with van der Waals surface area (Å²) in [5.41, 5.74) is 0.0872. The summed E-state index contributed by atoms with van der Waals surface area (Å²) < 4.78 is 6.11. The average molecular weight is 466 g/mol. The molecule has 0 radical (unpaired) electrons. The zero-order chi connectivity index (χ0) is 17.4. The van der Waals surface area contributed by atoms with Gasteiger partial charge in [0.05, 0.1) is 5.60 Å². The van der Waals surface area contributed by atoms with E-state index in [2.05, 4.69) is 22.5 Å². The molecule has 146 valence electrons. The first-order valence-corrected chi connectivity index (χ1v) is 9.43. The molecule has 1 unspecified atom stereocenters. The molecule has 0 aromatic carbocycles. The maximum Gasteiger partial charge on any atom is 0.243 e. The van der Waals surface area contributed by atoms with Gasteiger partial charge in [0.1, 0.15) is 6.54 Å². The highest BCUT2D eigenvalue weighted by molar-refractivity contribution is 14.0. The zero-order valence-electron chi connectivity index (χ0n) is 16.0. The molecule has 1 aliphatic carbocycles. The van der Waals surface area contributed by atoms with Crippen LogP contribution in [-0.2, 0) is 9.53 Å². The summed E-state index contributed by atoms with van der Waals surface area (Å²) in [7, 11) is 3.52. The number of rotatable bonds is 6. The van der Waals surface area contributed by atoms with Gasteiger partial charge in [-0.05, 0) is 32.1 Å². The Kier molecular flexibility index (Phi) is 10.1. The van der Waals surface area contributed by atoms with Crippen LogP contribution in [0.1, 0.15) is 58.3 Å². The fourth-order valence-corrected chi connectivity index (χ4v) is 3.54. The summed E-state index contributed by atoms with van der Waals surface area (Å²) in [6.45, 7) is 4.05. The Balaban J connectivity index is 0.00000312. The van der Waals surface area contributed by atoms with Gasteiger partial charge < -0.3 is 20.3 Å². The largest absolute Gasteiger partial charge is 0.375 e. The third kappa shape index (κ3) is 7.29. The SMILES string of the molecule is CCCCNC(=NCC(=O)N(C)C)NC1CCOC2(CCCC2)C1.I. The monoisotopic (exact) mass is 466 g/mol. The molecule has 2 aliphatic rings. The zero-order valence-corrected chi connectivity index (χ0v) is 18.3. The molecule has 1 amide bonds. The minimum Gasteiger partial charge on any atom is -0.375 e. The van der Waals surface area contributed by atoms with E-state index in [1.165, 1.54) is 25.7 Å². The number of nitrogens with one attached hydrogen (secondary N) is 2. The molecule has 25 heavy (non-hydrogen) atoms. The van der Waals surface area contributed by atoms with Crippen LogP contribution in [0.15, 0.2) is 4.99 Å². The second-order valence-electron chi connectivity index (χ2n) is 7.31. The van der Waals surface area contributed by atoms with Crippen molar-refractivity contribution in [2.24, 2.45) is 4.99 Å². The molecular weight excluding hydrogens is 431 g/mol. The molecule has 1 aliphatic heterocycles. The Labute approximate surface area is 169 Å². The Morgan fingerprint density at radius 3 is 2.68 bits per heavy atom. The normalized spacial score (nSPS) is 22.4. The molecule has 1 saturated heterocycles. The summed E-state index contributed by atoms with van der Waals surface area (Å²) in [6, 6.07) is 0.374. The van der Waals surface area contributed by atoms with Gasteiger partial charge in [-0.2, -0.15) is 0 Å². The number of guanidine groups is 1. The Morgan fingerprint density at radius 1 is 1.32 bits per heavy atom. The molecule has 2 N–H and O–H groups in total. The van der Waals surface area contributed by atoms with Crippen molar-refractivity contribution in [2.75, 3.05) is 33.8 Å². The van der Waals surface area contributed by atoms with Crippen LogP contribution >= 0.6 is 24.0 Å². The molecule has 1 spiro atoms. The van der Waals surface area contributed by atoms with Gasteiger partial charge in [-0.1, -0.05) is 26.2 Å². The standard InChI is InChI=1S/C18H34N4O2.HI/c1-4-5-11-19-17(20-14-16(23)22(2)3)21-15-8-12-24-18(13-15)9-6-7-10-18;/h15H,4-14H2,1-3H3,(H2,19,20,21);1H. The number of hydrogen-bond donors (Lipinski definition) is 2. The predicted octanol–water partition coefficient (Wildman–Crippen LogP) is 2.52. The number of aliphatic imine (C=N–C) groups is 1. The van der Waals surface area contributed by atoms with Gasteiger partial charge in [-0.25, -0.2) is 4.99 Å². The third-order valence-corrected chi connectivity index (χ3v) is 5.04. The average Bonchev–Trinajstić information content (AvgIpc) is 2.99. The number of nitrogens with zero attached hydrogens (tertiary/aromatic N) is 2. The van der Waals surface area contributed by atoms with Gasteiger partial charge in [0, 0.05) is 33.3 Å². The van der Waals surface area contributed by atoms with E-state index in [1.807, 2.05) is 0 Å². The van der Waals surface area contributed by atoms with Crippen molar-refractivity contribution in [1.29, 1.82) is 0 Å². The highest BCUT2D eigenvalue weighted by atomic mass is 127. The summed E-state index contributed by atoms with van der Waals surface area (Å²) in [4.78, 5) is 17.9. The van der Waals surface area contributed by atoms with Gasteiger partial charge in [0.15, 0.2) is 5.96 Å². The minimum absolute atomic E-state index is 0. The Bertz CT molecular complexity index is 437. The smallest absolute Gasteiger partial charge is 0.243 e. The van der Waals surface area contributed by atoms with E-state index in [1.54, 1.807) is 19.0 Å². The second-order valence-corrected chi connectivity index (χ2v) is 7.31. The van der Waals surface area contributed by atoms with E-state index in [-0.39, 0.29) is 42.0 Å². The molecule has 0 aromatic heterocycles. The molecule has 2 rings (SSSR count). The van der Waals surface area contributed by atoms with Crippen LogP contribution in [0.4, 0.5) is 0 Å². The fourth-order valence-electron chi connectivity index (χ4n) is 3.54. The van der Waals surface area contributed by atoms with Gasteiger partial charge in [-0.3, -0.25) is 4.79 Å². The molecule has 7 heteroatoms. The van der Waals surface area contributed by atoms with Crippen LogP contribution in [0.5, 0.6) is 0 Å². The van der Waals surface area contributed by atoms with Crippen molar-refractivity contribution >= 4 is 35.8 Å². The van der Waals surface area contributed by atoms with Crippen molar-refractivity contribution in [3.63, 3.8) is 0 Å². The molecule has 1 heterocycles. The molecule has 1 saturated carbocycles. The van der Waals surface area contributed by atoms with E-state index in [0.717, 1.165) is 44.8 Å². The van der Waals surface area contributed by atoms with Crippen molar-refractivity contribution < 1.29 is 9.53 Å². The third-order valence-electron chi connectivity index (χ3n) is 5.04. The van der Waals surface area contributed by atoms with Gasteiger partial charge in [-0.15, -0.1) is 24.0 Å². The summed E-state index contributed by atoms with van der Waals surface area (Å²) in [6.07, 6.45) is 9.19. The van der Waals surface area contributed by atoms with Crippen LogP contribution in [0.25, 0.3) is 0 Å². The number of amides is 1. The van der Waals surface area contributed by atoms with E-state index in [0.29, 0.717) is 6.04 Å². The summed E-state index contributed by atoms with van der Waals surface area (Å²) in [5, 5.41) is 6.92. The maximum absolute atomic E-state index is 11.8. The van der Waals surface area contributed by atoms with Crippen molar-refractivity contribution in [1.82, 2.24) is 15.5 Å². The van der Waals surface area contributed by atoms with Gasteiger partial charge >= 0.3 is 0 Å².